The molecule has 108 valence electrons. The van der Waals surface area contributed by atoms with Crippen LogP contribution in [-0.4, -0.2) is 42.9 Å². The van der Waals surface area contributed by atoms with Crippen molar-refractivity contribution in [1.82, 2.24) is 4.90 Å². The van der Waals surface area contributed by atoms with Gasteiger partial charge in [0.05, 0.1) is 6.10 Å². The average Bonchev–Trinajstić information content (AvgIpc) is 3.21. The van der Waals surface area contributed by atoms with Crippen LogP contribution in [0, 0.1) is 5.92 Å². The number of hydrogen-bond acceptors (Lipinski definition) is 3. The molecule has 0 aromatic heterocycles. The second kappa shape index (κ2) is 6.19. The van der Waals surface area contributed by atoms with E-state index in [0.717, 1.165) is 37.6 Å². The minimum Gasteiger partial charge on any atom is -0.376 e. The second-order valence-corrected chi connectivity index (χ2v) is 6.55. The van der Waals surface area contributed by atoms with E-state index in [0.29, 0.717) is 0 Å². The molecule has 1 saturated carbocycles. The van der Waals surface area contributed by atoms with E-state index >= 15 is 0 Å². The lowest BCUT2D eigenvalue weighted by molar-refractivity contribution is 0.0480. The van der Waals surface area contributed by atoms with E-state index in [4.69, 9.17) is 4.74 Å². The molecule has 0 spiro atoms. The van der Waals surface area contributed by atoms with Crippen molar-refractivity contribution in [3.63, 3.8) is 0 Å². The number of carbonyl (C=O) groups is 1. The highest BCUT2D eigenvalue weighted by molar-refractivity contribution is 7.98. The maximum Gasteiger partial charge on any atom is 0.253 e. The Morgan fingerprint density at radius 3 is 2.70 bits per heavy atom. The first-order valence-corrected chi connectivity index (χ1v) is 8.53. The molecule has 0 N–H and O–H groups in total. The highest BCUT2D eigenvalue weighted by Gasteiger charge is 2.29. The molecule has 2 aliphatic rings. The molecular weight excluding hydrogens is 270 g/mol. The molecule has 1 unspecified atom stereocenters. The quantitative estimate of drug-likeness (QED) is 0.781. The Morgan fingerprint density at radius 1 is 1.30 bits per heavy atom. The first kappa shape index (κ1) is 14.0. The lowest BCUT2D eigenvalue weighted by atomic mass is 10.2. The maximum atomic E-state index is 12.4. The van der Waals surface area contributed by atoms with Crippen molar-refractivity contribution in [3.05, 3.63) is 29.8 Å². The van der Waals surface area contributed by atoms with E-state index in [1.165, 1.54) is 17.7 Å². The van der Waals surface area contributed by atoms with Gasteiger partial charge in [-0.15, -0.1) is 11.8 Å². The largest absolute Gasteiger partial charge is 0.376 e. The monoisotopic (exact) mass is 291 g/mol. The molecule has 2 fully saturated rings. The summed E-state index contributed by atoms with van der Waals surface area (Å²) in [6, 6.07) is 7.86. The number of hydrogen-bond donors (Lipinski definition) is 0. The van der Waals surface area contributed by atoms with Gasteiger partial charge in [0, 0.05) is 30.2 Å². The Bertz CT molecular complexity index is 470. The molecule has 1 aromatic carbocycles. The molecule has 1 aliphatic heterocycles. The Balaban J connectivity index is 1.54. The van der Waals surface area contributed by atoms with Crippen LogP contribution in [0.1, 0.15) is 29.6 Å². The third kappa shape index (κ3) is 3.36. The summed E-state index contributed by atoms with van der Waals surface area (Å²) in [4.78, 5) is 15.5. The zero-order valence-electron chi connectivity index (χ0n) is 11.9. The first-order chi connectivity index (χ1) is 9.76. The van der Waals surface area contributed by atoms with Crippen LogP contribution in [0.4, 0.5) is 0 Å². The molecule has 0 radical (unpaired) electrons. The van der Waals surface area contributed by atoms with Gasteiger partial charge in [0.15, 0.2) is 0 Å². The van der Waals surface area contributed by atoms with Gasteiger partial charge in [-0.2, -0.15) is 0 Å². The number of benzene rings is 1. The predicted octanol–water partition coefficient (Wildman–Crippen LogP) is 3.05. The van der Waals surface area contributed by atoms with Gasteiger partial charge in [-0.3, -0.25) is 4.79 Å². The molecule has 3 nitrogen and oxygen atoms in total. The number of ether oxygens (including phenoxy) is 1. The fourth-order valence-electron chi connectivity index (χ4n) is 2.52. The van der Waals surface area contributed by atoms with E-state index in [1.807, 2.05) is 35.4 Å². The van der Waals surface area contributed by atoms with Gasteiger partial charge in [-0.05, 0) is 55.7 Å². The molecule has 1 aromatic rings. The van der Waals surface area contributed by atoms with Crippen molar-refractivity contribution in [3.8, 4) is 0 Å². The summed E-state index contributed by atoms with van der Waals surface area (Å²) in [6.45, 7) is 2.45. The highest BCUT2D eigenvalue weighted by atomic mass is 32.2. The number of rotatable bonds is 5. The zero-order chi connectivity index (χ0) is 13.9. The molecule has 3 rings (SSSR count). The van der Waals surface area contributed by atoms with Crippen molar-refractivity contribution < 1.29 is 9.53 Å². The highest BCUT2D eigenvalue weighted by Crippen LogP contribution is 2.30. The number of carbonyl (C=O) groups excluding carboxylic acids is 1. The zero-order valence-corrected chi connectivity index (χ0v) is 12.7. The van der Waals surface area contributed by atoms with Crippen LogP contribution in [0.15, 0.2) is 29.2 Å². The molecule has 1 aliphatic carbocycles. The first-order valence-electron chi connectivity index (χ1n) is 7.31. The summed E-state index contributed by atoms with van der Waals surface area (Å²) in [7, 11) is 0. The fourth-order valence-corrected chi connectivity index (χ4v) is 2.93. The van der Waals surface area contributed by atoms with Crippen LogP contribution in [0.3, 0.4) is 0 Å². The summed E-state index contributed by atoms with van der Waals surface area (Å²) < 4.78 is 5.88. The van der Waals surface area contributed by atoms with Gasteiger partial charge in [0.25, 0.3) is 5.91 Å². The van der Waals surface area contributed by atoms with E-state index in [2.05, 4.69) is 0 Å². The van der Waals surface area contributed by atoms with Crippen molar-refractivity contribution in [2.75, 3.05) is 26.0 Å². The van der Waals surface area contributed by atoms with Gasteiger partial charge in [0.2, 0.25) is 0 Å². The average molecular weight is 291 g/mol. The normalized spacial score (nSPS) is 22.2. The van der Waals surface area contributed by atoms with Crippen LogP contribution in [-0.2, 0) is 4.74 Å². The molecule has 1 amide bonds. The van der Waals surface area contributed by atoms with Gasteiger partial charge >= 0.3 is 0 Å². The Kier molecular flexibility index (Phi) is 4.32. The number of amides is 1. The molecular formula is C16H21NO2S. The van der Waals surface area contributed by atoms with E-state index in [-0.39, 0.29) is 12.0 Å². The Morgan fingerprint density at radius 2 is 2.05 bits per heavy atom. The van der Waals surface area contributed by atoms with Crippen LogP contribution < -0.4 is 0 Å². The standard InChI is InChI=1S/C16H21NO2S/c1-20-15-6-4-13(5-7-15)16(18)17-9-8-14(10-17)19-11-12-2-3-12/h4-7,12,14H,2-3,8-11H2,1H3. The third-order valence-corrected chi connectivity index (χ3v) is 4.78. The topological polar surface area (TPSA) is 29.5 Å². The maximum absolute atomic E-state index is 12.4. The Hall–Kier alpha value is -1.00. The van der Waals surface area contributed by atoms with Crippen molar-refractivity contribution in [2.24, 2.45) is 5.92 Å². The molecule has 1 atom stereocenters. The Labute approximate surface area is 124 Å². The summed E-state index contributed by atoms with van der Waals surface area (Å²) in [6.07, 6.45) is 5.89. The van der Waals surface area contributed by atoms with Crippen LogP contribution in [0.5, 0.6) is 0 Å². The molecule has 20 heavy (non-hydrogen) atoms. The van der Waals surface area contributed by atoms with Crippen LogP contribution in [0.2, 0.25) is 0 Å². The van der Waals surface area contributed by atoms with Gasteiger partial charge in [-0.25, -0.2) is 0 Å². The summed E-state index contributed by atoms with van der Waals surface area (Å²) in [5.41, 5.74) is 0.783. The predicted molar refractivity (Wildman–Crippen MR) is 81.2 cm³/mol. The van der Waals surface area contributed by atoms with Crippen LogP contribution in [0.25, 0.3) is 0 Å². The van der Waals surface area contributed by atoms with Gasteiger partial charge < -0.3 is 9.64 Å². The minimum atomic E-state index is 0.134. The molecule has 4 heteroatoms. The summed E-state index contributed by atoms with van der Waals surface area (Å²) in [5.74, 6) is 0.925. The second-order valence-electron chi connectivity index (χ2n) is 5.67. The SMILES string of the molecule is CSc1ccc(C(=O)N2CCC(OCC3CC3)C2)cc1. The van der Waals surface area contributed by atoms with Gasteiger partial charge in [0.1, 0.15) is 0 Å². The lowest BCUT2D eigenvalue weighted by Crippen LogP contribution is -2.30. The molecule has 0 bridgehead atoms. The van der Waals surface area contributed by atoms with Crippen LogP contribution >= 0.6 is 11.8 Å². The summed E-state index contributed by atoms with van der Waals surface area (Å²) >= 11 is 1.69. The number of nitrogens with zero attached hydrogens (tertiary/aromatic N) is 1. The van der Waals surface area contributed by atoms with E-state index < -0.39 is 0 Å². The summed E-state index contributed by atoms with van der Waals surface area (Å²) in [5, 5.41) is 0. The van der Waals surface area contributed by atoms with Crippen molar-refractivity contribution in [2.45, 2.75) is 30.3 Å². The molecule has 1 saturated heterocycles. The van der Waals surface area contributed by atoms with Gasteiger partial charge in [-0.1, -0.05) is 0 Å². The van der Waals surface area contributed by atoms with Crippen molar-refractivity contribution in [1.29, 1.82) is 0 Å². The minimum absolute atomic E-state index is 0.134. The van der Waals surface area contributed by atoms with E-state index in [1.54, 1.807) is 11.8 Å². The number of thioether (sulfide) groups is 1. The third-order valence-electron chi connectivity index (χ3n) is 4.03. The number of likely N-dealkylation sites (tertiary alicyclic amines) is 1. The molecule has 1 heterocycles. The van der Waals surface area contributed by atoms with E-state index in [9.17, 15) is 4.79 Å². The smallest absolute Gasteiger partial charge is 0.253 e. The van der Waals surface area contributed by atoms with Crippen molar-refractivity contribution >= 4 is 17.7 Å². The fraction of sp³-hybridized carbons (Fsp3) is 0.562. The lowest BCUT2D eigenvalue weighted by Gasteiger charge is -2.17.